The number of rotatable bonds is 9. The van der Waals surface area contributed by atoms with E-state index in [-0.39, 0.29) is 43.5 Å². The fourth-order valence-corrected chi connectivity index (χ4v) is 5.41. The van der Waals surface area contributed by atoms with Crippen LogP contribution in [0.4, 0.5) is 0 Å². The molecule has 184 valence electrons. The molecule has 1 unspecified atom stereocenters. The third-order valence-corrected chi connectivity index (χ3v) is 7.56. The van der Waals surface area contributed by atoms with Gasteiger partial charge in [-0.25, -0.2) is 8.42 Å². The Morgan fingerprint density at radius 1 is 1.15 bits per heavy atom. The van der Waals surface area contributed by atoms with Gasteiger partial charge in [0, 0.05) is 31.3 Å². The van der Waals surface area contributed by atoms with Crippen molar-refractivity contribution in [3.63, 3.8) is 0 Å². The number of morpholine rings is 1. The molecular formula is C23H28N2O8S. The average molecular weight is 493 g/mol. The SMILES string of the molecule is CCc1ccc(C(=O)NCC(O)COc2ccc3c(c2)OCO3)cc1S(=O)(=O)N1CCOCC1. The van der Waals surface area contributed by atoms with E-state index in [1.54, 1.807) is 30.3 Å². The van der Waals surface area contributed by atoms with Crippen LogP contribution in [0.2, 0.25) is 0 Å². The summed E-state index contributed by atoms with van der Waals surface area (Å²) in [6.07, 6.45) is -0.461. The maximum atomic E-state index is 13.2. The Kier molecular flexibility index (Phi) is 7.57. The predicted octanol–water partition coefficient (Wildman–Crippen LogP) is 1.17. The fraction of sp³-hybridized carbons (Fsp3) is 0.435. The summed E-state index contributed by atoms with van der Waals surface area (Å²) >= 11 is 0. The monoisotopic (exact) mass is 492 g/mol. The lowest BCUT2D eigenvalue weighted by Gasteiger charge is -2.27. The van der Waals surface area contributed by atoms with Crippen LogP contribution in [0.5, 0.6) is 17.2 Å². The number of ether oxygens (including phenoxy) is 4. The van der Waals surface area contributed by atoms with Crippen LogP contribution in [0.25, 0.3) is 0 Å². The summed E-state index contributed by atoms with van der Waals surface area (Å²) in [5.41, 5.74) is 0.841. The van der Waals surface area contributed by atoms with Crippen molar-refractivity contribution < 1.29 is 37.3 Å². The molecule has 0 spiro atoms. The normalized spacial score (nSPS) is 16.8. The highest BCUT2D eigenvalue weighted by molar-refractivity contribution is 7.89. The van der Waals surface area contributed by atoms with Crippen LogP contribution in [0, 0.1) is 0 Å². The van der Waals surface area contributed by atoms with Crippen molar-refractivity contribution in [3.05, 3.63) is 47.5 Å². The number of hydrogen-bond donors (Lipinski definition) is 2. The number of aliphatic hydroxyl groups excluding tert-OH is 1. The van der Waals surface area contributed by atoms with Gasteiger partial charge in [-0.1, -0.05) is 13.0 Å². The highest BCUT2D eigenvalue weighted by atomic mass is 32.2. The van der Waals surface area contributed by atoms with Gasteiger partial charge < -0.3 is 29.4 Å². The molecule has 2 aliphatic rings. The lowest BCUT2D eigenvalue weighted by molar-refractivity contribution is 0.0730. The number of nitrogens with one attached hydrogen (secondary N) is 1. The Morgan fingerprint density at radius 3 is 2.68 bits per heavy atom. The maximum Gasteiger partial charge on any atom is 0.251 e. The number of carbonyl (C=O) groups is 1. The lowest BCUT2D eigenvalue weighted by Crippen LogP contribution is -2.41. The zero-order valence-corrected chi connectivity index (χ0v) is 19.7. The van der Waals surface area contributed by atoms with Crippen molar-refractivity contribution in [1.29, 1.82) is 0 Å². The quantitative estimate of drug-likeness (QED) is 0.535. The van der Waals surface area contributed by atoms with E-state index in [1.165, 1.54) is 10.4 Å². The summed E-state index contributed by atoms with van der Waals surface area (Å²) in [4.78, 5) is 12.8. The van der Waals surface area contributed by atoms with Crippen LogP contribution in [0.3, 0.4) is 0 Å². The van der Waals surface area contributed by atoms with Gasteiger partial charge in [0.25, 0.3) is 5.91 Å². The number of aryl methyl sites for hydroxylation is 1. The van der Waals surface area contributed by atoms with Crippen LogP contribution in [-0.2, 0) is 21.2 Å². The van der Waals surface area contributed by atoms with Crippen molar-refractivity contribution in [2.75, 3.05) is 46.2 Å². The van der Waals surface area contributed by atoms with Gasteiger partial charge in [-0.2, -0.15) is 4.31 Å². The maximum absolute atomic E-state index is 13.2. The van der Waals surface area contributed by atoms with Gasteiger partial charge in [-0.3, -0.25) is 4.79 Å². The van der Waals surface area contributed by atoms with E-state index in [0.29, 0.717) is 42.4 Å². The molecule has 34 heavy (non-hydrogen) atoms. The second kappa shape index (κ2) is 10.6. The number of carbonyl (C=O) groups excluding carboxylic acids is 1. The van der Waals surface area contributed by atoms with Gasteiger partial charge in [-0.15, -0.1) is 0 Å². The van der Waals surface area contributed by atoms with Crippen molar-refractivity contribution in [2.45, 2.75) is 24.3 Å². The first kappa shape index (κ1) is 24.3. The molecule has 2 aromatic carbocycles. The van der Waals surface area contributed by atoms with Crippen molar-refractivity contribution in [1.82, 2.24) is 9.62 Å². The lowest BCUT2D eigenvalue weighted by atomic mass is 10.1. The van der Waals surface area contributed by atoms with Gasteiger partial charge in [0.1, 0.15) is 18.5 Å². The number of sulfonamides is 1. The highest BCUT2D eigenvalue weighted by Crippen LogP contribution is 2.35. The standard InChI is InChI=1S/C23H28N2O8S/c1-2-16-3-4-17(11-22(16)34(28,29)25-7-9-30-10-8-25)23(27)24-13-18(26)14-31-19-5-6-20-21(12-19)33-15-32-20/h3-6,11-12,18,26H,2,7-10,13-15H2,1H3,(H,24,27). The van der Waals surface area contributed by atoms with Crippen LogP contribution in [0.15, 0.2) is 41.3 Å². The molecule has 11 heteroatoms. The number of nitrogens with zero attached hydrogens (tertiary/aromatic N) is 1. The third kappa shape index (κ3) is 5.44. The summed E-state index contributed by atoms with van der Waals surface area (Å²) in [6.45, 7) is 3.14. The molecule has 0 aromatic heterocycles. The van der Waals surface area contributed by atoms with E-state index >= 15 is 0 Å². The first-order valence-electron chi connectivity index (χ1n) is 11.1. The Morgan fingerprint density at radius 2 is 1.91 bits per heavy atom. The summed E-state index contributed by atoms with van der Waals surface area (Å²) in [5, 5.41) is 12.9. The number of benzene rings is 2. The van der Waals surface area contributed by atoms with Gasteiger partial charge in [-0.05, 0) is 36.2 Å². The Bertz CT molecular complexity index is 1130. The molecule has 0 aliphatic carbocycles. The van der Waals surface area contributed by atoms with E-state index in [1.807, 2.05) is 6.92 Å². The zero-order chi connectivity index (χ0) is 24.1. The second-order valence-corrected chi connectivity index (χ2v) is 9.79. The van der Waals surface area contributed by atoms with Crippen molar-refractivity contribution in [2.24, 2.45) is 0 Å². The molecule has 0 saturated carbocycles. The molecule has 2 aliphatic heterocycles. The number of amides is 1. The Hall–Kier alpha value is -2.86. The third-order valence-electron chi connectivity index (χ3n) is 5.58. The summed E-state index contributed by atoms with van der Waals surface area (Å²) < 4.78 is 49.1. The van der Waals surface area contributed by atoms with Crippen molar-refractivity contribution >= 4 is 15.9 Å². The van der Waals surface area contributed by atoms with Crippen LogP contribution in [-0.4, -0.2) is 76.1 Å². The second-order valence-electron chi connectivity index (χ2n) is 7.88. The molecule has 4 rings (SSSR count). The first-order valence-corrected chi connectivity index (χ1v) is 12.5. The Balaban J connectivity index is 1.36. The summed E-state index contributed by atoms with van der Waals surface area (Å²) in [5.74, 6) is 1.22. The fourth-order valence-electron chi connectivity index (χ4n) is 3.68. The molecule has 1 atom stereocenters. The van der Waals surface area contributed by atoms with E-state index < -0.39 is 22.0 Å². The number of aliphatic hydroxyl groups is 1. The molecule has 0 bridgehead atoms. The molecular weight excluding hydrogens is 464 g/mol. The summed E-state index contributed by atoms with van der Waals surface area (Å²) in [7, 11) is -3.75. The van der Waals surface area contributed by atoms with Gasteiger partial charge in [0.05, 0.1) is 18.1 Å². The smallest absolute Gasteiger partial charge is 0.251 e. The molecule has 2 heterocycles. The van der Waals surface area contributed by atoms with E-state index in [0.717, 1.165) is 0 Å². The number of fused-ring (bicyclic) bond motifs is 1. The van der Waals surface area contributed by atoms with Crippen LogP contribution < -0.4 is 19.5 Å². The van der Waals surface area contributed by atoms with Gasteiger partial charge in [0.15, 0.2) is 11.5 Å². The van der Waals surface area contributed by atoms with E-state index in [4.69, 9.17) is 18.9 Å². The minimum Gasteiger partial charge on any atom is -0.491 e. The van der Waals surface area contributed by atoms with Crippen LogP contribution >= 0.6 is 0 Å². The summed E-state index contributed by atoms with van der Waals surface area (Å²) in [6, 6.07) is 9.72. The highest BCUT2D eigenvalue weighted by Gasteiger charge is 2.29. The van der Waals surface area contributed by atoms with Crippen molar-refractivity contribution in [3.8, 4) is 17.2 Å². The minimum absolute atomic E-state index is 0.0502. The van der Waals surface area contributed by atoms with Gasteiger partial charge >= 0.3 is 0 Å². The van der Waals surface area contributed by atoms with Crippen LogP contribution in [0.1, 0.15) is 22.8 Å². The Labute approximate surface area is 198 Å². The topological polar surface area (TPSA) is 124 Å². The zero-order valence-electron chi connectivity index (χ0n) is 18.9. The van der Waals surface area contributed by atoms with E-state index in [2.05, 4.69) is 5.32 Å². The van der Waals surface area contributed by atoms with Gasteiger partial charge in [0.2, 0.25) is 16.8 Å². The minimum atomic E-state index is -3.75. The molecule has 2 N–H and O–H groups in total. The molecule has 10 nitrogen and oxygen atoms in total. The molecule has 1 saturated heterocycles. The van der Waals surface area contributed by atoms with E-state index in [9.17, 15) is 18.3 Å². The molecule has 1 fully saturated rings. The largest absolute Gasteiger partial charge is 0.491 e. The average Bonchev–Trinajstić information content (AvgIpc) is 3.34. The molecule has 2 aromatic rings. The number of hydrogen-bond acceptors (Lipinski definition) is 8. The molecule has 1 amide bonds. The predicted molar refractivity (Wildman–Crippen MR) is 122 cm³/mol. The molecule has 0 radical (unpaired) electrons. The first-order chi connectivity index (χ1) is 16.4.